The summed E-state index contributed by atoms with van der Waals surface area (Å²) in [6.07, 6.45) is 3.04. The summed E-state index contributed by atoms with van der Waals surface area (Å²) in [5, 5.41) is 13.4. The third kappa shape index (κ3) is 2.84. The van der Waals surface area contributed by atoms with Crippen molar-refractivity contribution in [2.45, 2.75) is 26.7 Å². The van der Waals surface area contributed by atoms with Gasteiger partial charge in [-0.05, 0) is 18.8 Å². The molecule has 2 rings (SSSR count). The van der Waals surface area contributed by atoms with Crippen molar-refractivity contribution < 1.29 is 14.7 Å². The topological polar surface area (TPSA) is 75.4 Å². The van der Waals surface area contributed by atoms with Crippen LogP contribution in [-0.4, -0.2) is 44.8 Å². The van der Waals surface area contributed by atoms with Gasteiger partial charge >= 0.3 is 5.97 Å². The van der Waals surface area contributed by atoms with Crippen LogP contribution in [0.25, 0.3) is 0 Å². The van der Waals surface area contributed by atoms with Gasteiger partial charge in [-0.1, -0.05) is 13.8 Å². The van der Waals surface area contributed by atoms with Crippen LogP contribution in [0, 0.1) is 11.8 Å². The van der Waals surface area contributed by atoms with Gasteiger partial charge < -0.3 is 10.0 Å². The van der Waals surface area contributed by atoms with Crippen LogP contribution < -0.4 is 0 Å². The van der Waals surface area contributed by atoms with Gasteiger partial charge in [0.05, 0.1) is 17.2 Å². The second kappa shape index (κ2) is 5.64. The lowest BCUT2D eigenvalue weighted by atomic mass is 9.90. The number of piperidine rings is 1. The normalized spacial score (nSPS) is 22.9. The van der Waals surface area contributed by atoms with Crippen LogP contribution in [0.4, 0.5) is 0 Å². The quantitative estimate of drug-likeness (QED) is 0.901. The van der Waals surface area contributed by atoms with E-state index in [9.17, 15) is 14.7 Å². The van der Waals surface area contributed by atoms with E-state index in [0.717, 1.165) is 5.69 Å². The van der Waals surface area contributed by atoms with Crippen LogP contribution in [-0.2, 0) is 18.3 Å². The average molecular weight is 279 g/mol. The molecule has 110 valence electrons. The van der Waals surface area contributed by atoms with Crippen molar-refractivity contribution in [1.82, 2.24) is 14.7 Å². The Hall–Kier alpha value is -1.85. The number of amides is 1. The zero-order valence-electron chi connectivity index (χ0n) is 12.2. The van der Waals surface area contributed by atoms with Crippen molar-refractivity contribution in [3.8, 4) is 0 Å². The molecule has 0 spiro atoms. The number of hydrogen-bond donors (Lipinski definition) is 1. The maximum absolute atomic E-state index is 12.6. The first-order chi connectivity index (χ1) is 9.42. The molecule has 20 heavy (non-hydrogen) atoms. The third-order valence-electron chi connectivity index (χ3n) is 3.77. The number of nitrogens with zero attached hydrogens (tertiary/aromatic N) is 3. The number of carbonyl (C=O) groups is 2. The van der Waals surface area contributed by atoms with Crippen LogP contribution >= 0.6 is 0 Å². The Kier molecular flexibility index (Phi) is 4.11. The molecule has 1 aromatic heterocycles. The summed E-state index contributed by atoms with van der Waals surface area (Å²) in [5.41, 5.74) is 1.36. The molecule has 6 nitrogen and oxygen atoms in total. The van der Waals surface area contributed by atoms with Crippen LogP contribution in [0.15, 0.2) is 6.20 Å². The molecule has 0 saturated carbocycles. The number of hydrogen-bond acceptors (Lipinski definition) is 3. The van der Waals surface area contributed by atoms with E-state index in [-0.39, 0.29) is 18.4 Å². The number of likely N-dealkylation sites (tertiary alicyclic amines) is 1. The molecule has 2 unspecified atom stereocenters. The fraction of sp³-hybridized carbons (Fsp3) is 0.643. The fourth-order valence-corrected chi connectivity index (χ4v) is 2.84. The molecule has 0 radical (unpaired) electrons. The predicted octanol–water partition coefficient (Wildman–Crippen LogP) is 1.17. The number of carboxylic acids is 1. The number of carbonyl (C=O) groups excluding carboxylic acids is 1. The van der Waals surface area contributed by atoms with Gasteiger partial charge in [-0.2, -0.15) is 5.10 Å². The first-order valence-electron chi connectivity index (χ1n) is 6.97. The second-order valence-corrected chi connectivity index (χ2v) is 5.60. The van der Waals surface area contributed by atoms with E-state index in [1.165, 1.54) is 0 Å². The van der Waals surface area contributed by atoms with Gasteiger partial charge in [0, 0.05) is 26.3 Å². The van der Waals surface area contributed by atoms with Crippen molar-refractivity contribution in [2.24, 2.45) is 18.9 Å². The first kappa shape index (κ1) is 14.6. The van der Waals surface area contributed by atoms with E-state index in [2.05, 4.69) is 5.10 Å². The lowest BCUT2D eigenvalue weighted by molar-refractivity contribution is -0.143. The monoisotopic (exact) mass is 279 g/mol. The Balaban J connectivity index is 2.21. The smallest absolute Gasteiger partial charge is 0.308 e. The number of rotatable bonds is 3. The second-order valence-electron chi connectivity index (χ2n) is 5.60. The van der Waals surface area contributed by atoms with E-state index in [4.69, 9.17) is 0 Å². The minimum atomic E-state index is -0.823. The molecule has 1 aliphatic rings. The van der Waals surface area contributed by atoms with Gasteiger partial charge in [0.2, 0.25) is 0 Å². The van der Waals surface area contributed by atoms with E-state index >= 15 is 0 Å². The highest BCUT2D eigenvalue weighted by Gasteiger charge is 2.33. The zero-order valence-corrected chi connectivity index (χ0v) is 12.2. The van der Waals surface area contributed by atoms with E-state index in [1.807, 2.05) is 13.8 Å². The van der Waals surface area contributed by atoms with Gasteiger partial charge in [-0.15, -0.1) is 0 Å². The number of aromatic nitrogens is 2. The summed E-state index contributed by atoms with van der Waals surface area (Å²) in [4.78, 5) is 25.4. The highest BCUT2D eigenvalue weighted by molar-refractivity contribution is 5.95. The van der Waals surface area contributed by atoms with Crippen LogP contribution in [0.2, 0.25) is 0 Å². The summed E-state index contributed by atoms with van der Waals surface area (Å²) >= 11 is 0. The van der Waals surface area contributed by atoms with Gasteiger partial charge in [-0.25, -0.2) is 0 Å². The Labute approximate surface area is 118 Å². The van der Waals surface area contributed by atoms with Crippen molar-refractivity contribution in [3.63, 3.8) is 0 Å². The van der Waals surface area contributed by atoms with Crippen molar-refractivity contribution in [1.29, 1.82) is 0 Å². The van der Waals surface area contributed by atoms with Crippen LogP contribution in [0.3, 0.4) is 0 Å². The molecule has 1 aromatic rings. The lowest BCUT2D eigenvalue weighted by Gasteiger charge is -2.34. The highest BCUT2D eigenvalue weighted by atomic mass is 16.4. The van der Waals surface area contributed by atoms with Gasteiger partial charge in [0.25, 0.3) is 5.91 Å². The molecule has 1 amide bonds. The molecule has 1 aliphatic heterocycles. The Bertz CT molecular complexity index is 524. The largest absolute Gasteiger partial charge is 0.481 e. The van der Waals surface area contributed by atoms with Gasteiger partial charge in [0.15, 0.2) is 0 Å². The third-order valence-corrected chi connectivity index (χ3v) is 3.77. The van der Waals surface area contributed by atoms with Gasteiger partial charge in [-0.3, -0.25) is 14.3 Å². The molecular formula is C14H21N3O3. The van der Waals surface area contributed by atoms with Crippen molar-refractivity contribution in [2.75, 3.05) is 13.1 Å². The summed E-state index contributed by atoms with van der Waals surface area (Å²) in [5.74, 6) is -1.19. The minimum Gasteiger partial charge on any atom is -0.481 e. The molecular weight excluding hydrogens is 258 g/mol. The van der Waals surface area contributed by atoms with E-state index < -0.39 is 11.9 Å². The highest BCUT2D eigenvalue weighted by Crippen LogP contribution is 2.24. The van der Waals surface area contributed by atoms with E-state index in [0.29, 0.717) is 24.9 Å². The minimum absolute atomic E-state index is 0.104. The standard InChI is InChI=1S/C14H21N3O3/c1-4-12-11(8-16(3)15-12)13(18)17-6-9(2)5-10(7-17)14(19)20/h8-10H,4-7H2,1-3H3,(H,19,20). The fourth-order valence-electron chi connectivity index (χ4n) is 2.84. The predicted molar refractivity (Wildman–Crippen MR) is 73.4 cm³/mol. The van der Waals surface area contributed by atoms with E-state index in [1.54, 1.807) is 22.8 Å². The Morgan fingerprint density at radius 1 is 1.45 bits per heavy atom. The number of carboxylic acid groups (broad SMARTS) is 1. The summed E-state index contributed by atoms with van der Waals surface area (Å²) in [7, 11) is 1.79. The maximum Gasteiger partial charge on any atom is 0.308 e. The lowest BCUT2D eigenvalue weighted by Crippen LogP contribution is -2.45. The molecule has 2 atom stereocenters. The molecule has 0 bridgehead atoms. The summed E-state index contributed by atoms with van der Waals surface area (Å²) < 4.78 is 1.63. The van der Waals surface area contributed by atoms with Crippen LogP contribution in [0.5, 0.6) is 0 Å². The zero-order chi connectivity index (χ0) is 14.9. The summed E-state index contributed by atoms with van der Waals surface area (Å²) in [6, 6.07) is 0. The van der Waals surface area contributed by atoms with Gasteiger partial charge in [0.1, 0.15) is 0 Å². The molecule has 0 aromatic carbocycles. The molecule has 1 N–H and O–H groups in total. The molecule has 2 heterocycles. The average Bonchev–Trinajstić information content (AvgIpc) is 2.78. The molecule has 1 saturated heterocycles. The molecule has 1 fully saturated rings. The number of aliphatic carboxylic acids is 1. The first-order valence-corrected chi connectivity index (χ1v) is 6.97. The Morgan fingerprint density at radius 3 is 2.75 bits per heavy atom. The summed E-state index contributed by atoms with van der Waals surface area (Å²) in [6.45, 7) is 4.84. The number of aryl methyl sites for hydroxylation is 2. The van der Waals surface area contributed by atoms with Crippen molar-refractivity contribution >= 4 is 11.9 Å². The molecule has 6 heteroatoms. The Morgan fingerprint density at radius 2 is 2.15 bits per heavy atom. The maximum atomic E-state index is 12.6. The van der Waals surface area contributed by atoms with Crippen LogP contribution in [0.1, 0.15) is 36.3 Å². The van der Waals surface area contributed by atoms with Crippen molar-refractivity contribution in [3.05, 3.63) is 17.5 Å². The molecule has 0 aliphatic carbocycles. The SMILES string of the molecule is CCc1nn(C)cc1C(=O)N1CC(C)CC(C(=O)O)C1.